The van der Waals surface area contributed by atoms with E-state index >= 15 is 0 Å². The van der Waals surface area contributed by atoms with Crippen LogP contribution in [0.15, 0.2) is 0 Å². The van der Waals surface area contributed by atoms with E-state index in [1.807, 2.05) is 0 Å². The van der Waals surface area contributed by atoms with E-state index in [1.165, 1.54) is 25.8 Å². The van der Waals surface area contributed by atoms with Gasteiger partial charge in [0.2, 0.25) is 0 Å². The van der Waals surface area contributed by atoms with Gasteiger partial charge in [0.1, 0.15) is 0 Å². The van der Waals surface area contributed by atoms with Gasteiger partial charge in [-0.1, -0.05) is 20.3 Å². The second kappa shape index (κ2) is 7.24. The molecule has 0 aliphatic carbocycles. The highest BCUT2D eigenvalue weighted by atomic mass is 15.2. The Morgan fingerprint density at radius 3 is 2.27 bits per heavy atom. The summed E-state index contributed by atoms with van der Waals surface area (Å²) < 4.78 is 0. The van der Waals surface area contributed by atoms with E-state index in [2.05, 4.69) is 51.9 Å². The van der Waals surface area contributed by atoms with Crippen molar-refractivity contribution in [1.29, 1.82) is 0 Å². The molecule has 2 heteroatoms. The summed E-state index contributed by atoms with van der Waals surface area (Å²) >= 11 is 0. The Bertz CT molecular complexity index is 155. The standard InChI is InChI=1S/C13H30N2/c1-7-9-10-15(12(3)8-2)11-13(4,5)14-6/h12,14H,7-11H2,1-6H3. The van der Waals surface area contributed by atoms with Crippen LogP contribution in [-0.2, 0) is 0 Å². The van der Waals surface area contributed by atoms with Crippen LogP contribution in [0.1, 0.15) is 53.9 Å². The lowest BCUT2D eigenvalue weighted by Crippen LogP contribution is -2.50. The van der Waals surface area contributed by atoms with Gasteiger partial charge >= 0.3 is 0 Å². The minimum atomic E-state index is 0.219. The molecule has 0 aliphatic rings. The number of nitrogens with zero attached hydrogens (tertiary/aromatic N) is 1. The predicted octanol–water partition coefficient (Wildman–Crippen LogP) is 2.89. The van der Waals surface area contributed by atoms with Crippen LogP contribution < -0.4 is 5.32 Å². The lowest BCUT2D eigenvalue weighted by Gasteiger charge is -2.36. The van der Waals surface area contributed by atoms with Gasteiger partial charge in [0.05, 0.1) is 0 Å². The number of nitrogens with one attached hydrogen (secondary N) is 1. The lowest BCUT2D eigenvalue weighted by molar-refractivity contribution is 0.154. The first kappa shape index (κ1) is 14.9. The Kier molecular flexibility index (Phi) is 7.20. The average molecular weight is 214 g/mol. The molecule has 92 valence electrons. The SMILES string of the molecule is CCCCN(CC(C)(C)NC)C(C)CC. The first-order chi connectivity index (χ1) is 6.96. The highest BCUT2D eigenvalue weighted by molar-refractivity contribution is 4.82. The quantitative estimate of drug-likeness (QED) is 0.668. The van der Waals surface area contributed by atoms with Crippen LogP contribution in [0.4, 0.5) is 0 Å². The molecule has 1 unspecified atom stereocenters. The molecule has 0 aromatic rings. The fourth-order valence-corrected chi connectivity index (χ4v) is 1.66. The van der Waals surface area contributed by atoms with Crippen LogP contribution in [0.3, 0.4) is 0 Å². The van der Waals surface area contributed by atoms with Gasteiger partial charge in [0, 0.05) is 18.1 Å². The molecule has 0 rings (SSSR count). The van der Waals surface area contributed by atoms with Crippen LogP contribution in [0.2, 0.25) is 0 Å². The minimum Gasteiger partial charge on any atom is -0.314 e. The first-order valence-electron chi connectivity index (χ1n) is 6.39. The van der Waals surface area contributed by atoms with Crippen molar-refractivity contribution in [3.8, 4) is 0 Å². The molecule has 0 bridgehead atoms. The van der Waals surface area contributed by atoms with Gasteiger partial charge in [-0.05, 0) is 47.2 Å². The van der Waals surface area contributed by atoms with E-state index in [0.717, 1.165) is 6.54 Å². The molecule has 0 saturated carbocycles. The summed E-state index contributed by atoms with van der Waals surface area (Å²) in [7, 11) is 2.05. The van der Waals surface area contributed by atoms with Gasteiger partial charge in [0.15, 0.2) is 0 Å². The van der Waals surface area contributed by atoms with Crippen molar-refractivity contribution in [2.45, 2.75) is 65.5 Å². The fraction of sp³-hybridized carbons (Fsp3) is 1.00. The minimum absolute atomic E-state index is 0.219. The second-order valence-corrected chi connectivity index (χ2v) is 5.22. The Morgan fingerprint density at radius 1 is 1.27 bits per heavy atom. The van der Waals surface area contributed by atoms with Gasteiger partial charge in [-0.15, -0.1) is 0 Å². The molecule has 0 aromatic heterocycles. The van der Waals surface area contributed by atoms with Gasteiger partial charge in [0.25, 0.3) is 0 Å². The van der Waals surface area contributed by atoms with Crippen molar-refractivity contribution in [3.05, 3.63) is 0 Å². The summed E-state index contributed by atoms with van der Waals surface area (Å²) in [6.45, 7) is 13.8. The monoisotopic (exact) mass is 214 g/mol. The predicted molar refractivity (Wildman–Crippen MR) is 69.4 cm³/mol. The molecule has 1 atom stereocenters. The Morgan fingerprint density at radius 2 is 1.87 bits per heavy atom. The number of hydrogen-bond donors (Lipinski definition) is 1. The fourth-order valence-electron chi connectivity index (χ4n) is 1.66. The van der Waals surface area contributed by atoms with E-state index in [9.17, 15) is 0 Å². The van der Waals surface area contributed by atoms with Crippen molar-refractivity contribution in [2.24, 2.45) is 0 Å². The Hall–Kier alpha value is -0.0800. The van der Waals surface area contributed by atoms with Crippen molar-refractivity contribution in [2.75, 3.05) is 20.1 Å². The second-order valence-electron chi connectivity index (χ2n) is 5.22. The van der Waals surface area contributed by atoms with E-state index in [4.69, 9.17) is 0 Å². The van der Waals surface area contributed by atoms with Crippen molar-refractivity contribution in [1.82, 2.24) is 10.2 Å². The lowest BCUT2D eigenvalue weighted by atomic mass is 10.0. The largest absolute Gasteiger partial charge is 0.314 e. The van der Waals surface area contributed by atoms with Crippen molar-refractivity contribution in [3.63, 3.8) is 0 Å². The number of likely N-dealkylation sites (N-methyl/N-ethyl adjacent to an activating group) is 1. The van der Waals surface area contributed by atoms with Gasteiger partial charge < -0.3 is 5.32 Å². The molecule has 0 heterocycles. The summed E-state index contributed by atoms with van der Waals surface area (Å²) in [4.78, 5) is 2.61. The van der Waals surface area contributed by atoms with Gasteiger partial charge in [-0.25, -0.2) is 0 Å². The maximum absolute atomic E-state index is 3.39. The number of unbranched alkanes of at least 4 members (excludes halogenated alkanes) is 1. The van der Waals surface area contributed by atoms with Gasteiger partial charge in [-0.3, -0.25) is 4.90 Å². The van der Waals surface area contributed by atoms with Crippen molar-refractivity contribution < 1.29 is 0 Å². The van der Waals surface area contributed by atoms with E-state index < -0.39 is 0 Å². The summed E-state index contributed by atoms with van der Waals surface area (Å²) in [5, 5.41) is 3.39. The van der Waals surface area contributed by atoms with Crippen molar-refractivity contribution >= 4 is 0 Å². The summed E-state index contributed by atoms with van der Waals surface area (Å²) in [5.74, 6) is 0. The van der Waals surface area contributed by atoms with Crippen LogP contribution in [0, 0.1) is 0 Å². The molecule has 1 N–H and O–H groups in total. The summed E-state index contributed by atoms with van der Waals surface area (Å²) in [6, 6.07) is 0.698. The third-order valence-electron chi connectivity index (χ3n) is 3.29. The van der Waals surface area contributed by atoms with Crippen LogP contribution in [-0.4, -0.2) is 36.6 Å². The Labute approximate surface area is 96.4 Å². The molecule has 0 aromatic carbocycles. The zero-order valence-electron chi connectivity index (χ0n) is 11.6. The van der Waals surface area contributed by atoms with Crippen LogP contribution in [0.5, 0.6) is 0 Å². The summed E-state index contributed by atoms with van der Waals surface area (Å²) in [5.41, 5.74) is 0.219. The maximum atomic E-state index is 3.39. The topological polar surface area (TPSA) is 15.3 Å². The number of rotatable bonds is 8. The average Bonchev–Trinajstić information content (AvgIpc) is 2.23. The van der Waals surface area contributed by atoms with E-state index in [1.54, 1.807) is 0 Å². The van der Waals surface area contributed by atoms with Crippen LogP contribution >= 0.6 is 0 Å². The maximum Gasteiger partial charge on any atom is 0.0249 e. The smallest absolute Gasteiger partial charge is 0.0249 e. The molecular formula is C13H30N2. The number of hydrogen-bond acceptors (Lipinski definition) is 2. The first-order valence-corrected chi connectivity index (χ1v) is 6.39. The van der Waals surface area contributed by atoms with Crippen LogP contribution in [0.25, 0.3) is 0 Å². The zero-order valence-corrected chi connectivity index (χ0v) is 11.6. The van der Waals surface area contributed by atoms with Gasteiger partial charge in [-0.2, -0.15) is 0 Å². The molecule has 15 heavy (non-hydrogen) atoms. The van der Waals surface area contributed by atoms with E-state index in [0.29, 0.717) is 6.04 Å². The molecule has 0 aliphatic heterocycles. The normalized spacial score (nSPS) is 14.6. The molecule has 2 nitrogen and oxygen atoms in total. The highest BCUT2D eigenvalue weighted by Gasteiger charge is 2.21. The third kappa shape index (κ3) is 6.16. The molecular weight excluding hydrogens is 184 g/mol. The third-order valence-corrected chi connectivity index (χ3v) is 3.29. The molecule has 0 fully saturated rings. The Balaban J connectivity index is 4.23. The highest BCUT2D eigenvalue weighted by Crippen LogP contribution is 2.11. The molecule has 0 amide bonds. The molecule has 0 saturated heterocycles. The molecule has 0 radical (unpaired) electrons. The zero-order chi connectivity index (χ0) is 11.9. The molecule has 0 spiro atoms. The van der Waals surface area contributed by atoms with E-state index in [-0.39, 0.29) is 5.54 Å². The summed E-state index contributed by atoms with van der Waals surface area (Å²) in [6.07, 6.45) is 3.83.